The first-order valence-electron chi connectivity index (χ1n) is 8.82. The van der Waals surface area contributed by atoms with Gasteiger partial charge in [-0.15, -0.1) is 0 Å². The summed E-state index contributed by atoms with van der Waals surface area (Å²) in [5, 5.41) is 3.89. The summed E-state index contributed by atoms with van der Waals surface area (Å²) in [4.78, 5) is 26.4. The van der Waals surface area contributed by atoms with Crippen LogP contribution in [0.1, 0.15) is 17.3 Å². The van der Waals surface area contributed by atoms with Crippen molar-refractivity contribution in [1.29, 1.82) is 0 Å². The zero-order valence-corrected chi connectivity index (χ0v) is 16.5. The van der Waals surface area contributed by atoms with E-state index in [1.165, 1.54) is 33.2 Å². The minimum atomic E-state index is -3.58. The average molecular weight is 406 g/mol. The number of hydrogen-bond acceptors (Lipinski definition) is 6. The van der Waals surface area contributed by atoms with E-state index in [-0.39, 0.29) is 42.5 Å². The van der Waals surface area contributed by atoms with Gasteiger partial charge in [0.25, 0.3) is 5.91 Å². The summed E-state index contributed by atoms with van der Waals surface area (Å²) in [6.45, 7) is 2.35. The molecule has 1 saturated heterocycles. The van der Waals surface area contributed by atoms with Crippen LogP contribution in [0.4, 0.5) is 0 Å². The molecule has 9 nitrogen and oxygen atoms in total. The number of esters is 1. The van der Waals surface area contributed by atoms with Gasteiger partial charge in [0.1, 0.15) is 0 Å². The van der Waals surface area contributed by atoms with Gasteiger partial charge in [-0.3, -0.25) is 9.48 Å². The molecule has 0 saturated carbocycles. The molecule has 1 aliphatic rings. The van der Waals surface area contributed by atoms with Crippen molar-refractivity contribution in [2.75, 3.05) is 26.2 Å². The van der Waals surface area contributed by atoms with Crippen LogP contribution in [-0.2, 0) is 26.6 Å². The largest absolute Gasteiger partial charge is 0.449 e. The first kappa shape index (κ1) is 20.0. The number of hydrogen-bond donors (Lipinski definition) is 0. The molecule has 10 heteroatoms. The highest BCUT2D eigenvalue weighted by Gasteiger charge is 2.32. The third-order valence-corrected chi connectivity index (χ3v) is 6.42. The van der Waals surface area contributed by atoms with Crippen molar-refractivity contribution >= 4 is 21.9 Å². The van der Waals surface area contributed by atoms with Crippen LogP contribution in [0.2, 0.25) is 0 Å². The summed E-state index contributed by atoms with van der Waals surface area (Å²) in [5.41, 5.74) is 0.265. The summed E-state index contributed by atoms with van der Waals surface area (Å²) in [6.07, 6.45) is 1.91. The fourth-order valence-electron chi connectivity index (χ4n) is 2.95. The van der Waals surface area contributed by atoms with Gasteiger partial charge in [-0.25, -0.2) is 13.2 Å². The normalized spacial score (nSPS) is 16.6. The number of piperazine rings is 1. The molecule has 3 rings (SSSR count). The molecule has 0 radical (unpaired) electrons. The molecule has 2 aromatic rings. The summed E-state index contributed by atoms with van der Waals surface area (Å²) in [7, 11) is -1.91. The van der Waals surface area contributed by atoms with E-state index in [2.05, 4.69) is 5.10 Å². The molecule has 1 aromatic heterocycles. The van der Waals surface area contributed by atoms with Crippen LogP contribution in [0.25, 0.3) is 0 Å². The first-order chi connectivity index (χ1) is 13.3. The van der Waals surface area contributed by atoms with Crippen molar-refractivity contribution in [2.45, 2.75) is 17.9 Å². The van der Waals surface area contributed by atoms with Gasteiger partial charge >= 0.3 is 5.97 Å². The molecule has 1 unspecified atom stereocenters. The van der Waals surface area contributed by atoms with Crippen molar-refractivity contribution in [3.63, 3.8) is 0 Å². The van der Waals surface area contributed by atoms with E-state index in [1.807, 2.05) is 0 Å². The topological polar surface area (TPSA) is 102 Å². The van der Waals surface area contributed by atoms with Gasteiger partial charge in [-0.1, -0.05) is 18.2 Å². The second kappa shape index (κ2) is 8.11. The molecular weight excluding hydrogens is 384 g/mol. The minimum absolute atomic E-state index is 0.187. The van der Waals surface area contributed by atoms with Gasteiger partial charge in [0, 0.05) is 39.4 Å². The Morgan fingerprint density at radius 2 is 1.75 bits per heavy atom. The number of aromatic nitrogens is 2. The number of carbonyl (C=O) groups is 2. The molecule has 28 heavy (non-hydrogen) atoms. The van der Waals surface area contributed by atoms with Gasteiger partial charge in [-0.05, 0) is 19.1 Å². The van der Waals surface area contributed by atoms with Crippen LogP contribution in [-0.4, -0.2) is 71.6 Å². The zero-order chi connectivity index (χ0) is 20.3. The Hall–Kier alpha value is -2.72. The standard InChI is InChI=1S/C18H22N4O5S/c1-14(27-18(24)15-12-19-20(2)13-15)17(23)21-8-10-22(11-9-21)28(25,26)16-6-4-3-5-7-16/h3-7,12-14H,8-11H2,1-2H3. The highest BCUT2D eigenvalue weighted by atomic mass is 32.2. The number of sulfonamides is 1. The van der Waals surface area contributed by atoms with E-state index in [4.69, 9.17) is 4.74 Å². The minimum Gasteiger partial charge on any atom is -0.449 e. The molecule has 0 N–H and O–H groups in total. The van der Waals surface area contributed by atoms with E-state index < -0.39 is 22.1 Å². The Bertz CT molecular complexity index is 949. The van der Waals surface area contributed by atoms with Gasteiger partial charge in [-0.2, -0.15) is 9.40 Å². The number of carbonyl (C=O) groups excluding carboxylic acids is 2. The maximum Gasteiger partial charge on any atom is 0.342 e. The fourth-order valence-corrected chi connectivity index (χ4v) is 4.40. The summed E-state index contributed by atoms with van der Waals surface area (Å²) < 4.78 is 33.3. The molecule has 1 atom stereocenters. The van der Waals surface area contributed by atoms with Crippen molar-refractivity contribution in [3.05, 3.63) is 48.3 Å². The molecule has 1 aromatic carbocycles. The molecular formula is C18H22N4O5S. The summed E-state index contributed by atoms with van der Waals surface area (Å²) in [6, 6.07) is 8.19. The van der Waals surface area contributed by atoms with Crippen LogP contribution in [0.3, 0.4) is 0 Å². The Balaban J connectivity index is 1.57. The van der Waals surface area contributed by atoms with E-state index >= 15 is 0 Å². The lowest BCUT2D eigenvalue weighted by molar-refractivity contribution is -0.141. The van der Waals surface area contributed by atoms with E-state index in [1.54, 1.807) is 37.4 Å². The Morgan fingerprint density at radius 3 is 2.32 bits per heavy atom. The average Bonchev–Trinajstić information content (AvgIpc) is 3.14. The van der Waals surface area contributed by atoms with E-state index in [0.29, 0.717) is 0 Å². The molecule has 1 amide bonds. The maximum atomic E-state index is 12.6. The van der Waals surface area contributed by atoms with Crippen LogP contribution in [0.15, 0.2) is 47.6 Å². The van der Waals surface area contributed by atoms with Crippen molar-refractivity contribution in [2.24, 2.45) is 7.05 Å². The Labute approximate surface area is 163 Å². The van der Waals surface area contributed by atoms with Crippen molar-refractivity contribution in [3.8, 4) is 0 Å². The number of rotatable bonds is 5. The van der Waals surface area contributed by atoms with Gasteiger partial charge in [0.15, 0.2) is 6.10 Å². The monoisotopic (exact) mass is 406 g/mol. The van der Waals surface area contributed by atoms with Crippen LogP contribution >= 0.6 is 0 Å². The molecule has 1 fully saturated rings. The summed E-state index contributed by atoms with van der Waals surface area (Å²) >= 11 is 0. The molecule has 0 aliphatic carbocycles. The molecule has 2 heterocycles. The molecule has 0 bridgehead atoms. The number of benzene rings is 1. The van der Waals surface area contributed by atoms with Crippen LogP contribution in [0, 0.1) is 0 Å². The second-order valence-electron chi connectivity index (χ2n) is 6.49. The predicted molar refractivity (Wildman–Crippen MR) is 99.9 cm³/mol. The highest BCUT2D eigenvalue weighted by Crippen LogP contribution is 2.18. The lowest BCUT2D eigenvalue weighted by Gasteiger charge is -2.35. The lowest BCUT2D eigenvalue weighted by atomic mass is 10.3. The maximum absolute atomic E-state index is 12.6. The zero-order valence-electron chi connectivity index (χ0n) is 15.7. The third kappa shape index (κ3) is 4.23. The first-order valence-corrected chi connectivity index (χ1v) is 10.3. The number of aryl methyl sites for hydroxylation is 1. The van der Waals surface area contributed by atoms with Gasteiger partial charge in [0.05, 0.1) is 16.7 Å². The quantitative estimate of drug-likeness (QED) is 0.670. The second-order valence-corrected chi connectivity index (χ2v) is 8.43. The fraction of sp³-hybridized carbons (Fsp3) is 0.389. The predicted octanol–water partition coefficient (Wildman–Crippen LogP) is 0.498. The van der Waals surface area contributed by atoms with Gasteiger partial charge < -0.3 is 9.64 Å². The van der Waals surface area contributed by atoms with Crippen molar-refractivity contribution < 1.29 is 22.7 Å². The van der Waals surface area contributed by atoms with E-state index in [9.17, 15) is 18.0 Å². The lowest BCUT2D eigenvalue weighted by Crippen LogP contribution is -2.52. The Kier molecular flexibility index (Phi) is 5.80. The van der Waals surface area contributed by atoms with Crippen LogP contribution < -0.4 is 0 Å². The number of nitrogens with zero attached hydrogens (tertiary/aromatic N) is 4. The van der Waals surface area contributed by atoms with Crippen LogP contribution in [0.5, 0.6) is 0 Å². The number of amides is 1. The smallest absolute Gasteiger partial charge is 0.342 e. The van der Waals surface area contributed by atoms with E-state index in [0.717, 1.165) is 0 Å². The van der Waals surface area contributed by atoms with Crippen molar-refractivity contribution in [1.82, 2.24) is 19.0 Å². The highest BCUT2D eigenvalue weighted by molar-refractivity contribution is 7.89. The molecule has 150 valence electrons. The van der Waals surface area contributed by atoms with Gasteiger partial charge in [0.2, 0.25) is 10.0 Å². The number of ether oxygens (including phenoxy) is 1. The molecule has 1 aliphatic heterocycles. The third-order valence-electron chi connectivity index (χ3n) is 4.50. The summed E-state index contributed by atoms with van der Waals surface area (Å²) in [5.74, 6) is -0.978. The SMILES string of the molecule is CC(OC(=O)c1cnn(C)c1)C(=O)N1CCN(S(=O)(=O)c2ccccc2)CC1. The molecule has 0 spiro atoms. The Morgan fingerprint density at radius 1 is 1.11 bits per heavy atom.